The van der Waals surface area contributed by atoms with Gasteiger partial charge in [0.2, 0.25) is 0 Å². The zero-order valence-electron chi connectivity index (χ0n) is 7.60. The topological polar surface area (TPSA) is 47.8 Å². The van der Waals surface area contributed by atoms with Crippen LogP contribution in [0.2, 0.25) is 0 Å². The minimum absolute atomic E-state index is 0.500. The normalized spacial score (nSPS) is 14.6. The second kappa shape index (κ2) is 2.64. The number of aryl methyl sites for hydroxylation is 2. The molecule has 0 aliphatic carbocycles. The molecular weight excluding hydrogens is 178 g/mol. The maximum Gasteiger partial charge on any atom is 0.185 e. The maximum atomic E-state index is 10.8. The number of aldehydes is 1. The minimum Gasteiger partial charge on any atom is -0.320 e. The van der Waals surface area contributed by atoms with Crippen LogP contribution in [0.15, 0.2) is 12.3 Å². The van der Waals surface area contributed by atoms with Gasteiger partial charge >= 0.3 is 0 Å². The van der Waals surface area contributed by atoms with Crippen LogP contribution in [0, 0.1) is 0 Å². The number of imidazole rings is 1. The van der Waals surface area contributed by atoms with Crippen molar-refractivity contribution in [2.45, 2.75) is 19.4 Å². The van der Waals surface area contributed by atoms with Crippen molar-refractivity contribution >= 4 is 17.5 Å². The first-order valence-corrected chi connectivity index (χ1v) is 4.69. The zero-order chi connectivity index (χ0) is 9.54. The first-order chi connectivity index (χ1) is 6.90. The molecule has 4 nitrogen and oxygen atoms in total. The fourth-order valence-corrected chi connectivity index (χ4v) is 2.09. The molecule has 0 amide bonds. The van der Waals surface area contributed by atoms with Crippen LogP contribution in [0.3, 0.4) is 0 Å². The molecule has 3 rings (SSSR count). The summed E-state index contributed by atoms with van der Waals surface area (Å²) >= 11 is 0. The van der Waals surface area contributed by atoms with Crippen molar-refractivity contribution in [3.05, 3.63) is 23.7 Å². The quantitative estimate of drug-likeness (QED) is 0.630. The molecule has 2 aromatic heterocycles. The van der Waals surface area contributed by atoms with Crippen molar-refractivity contribution in [1.82, 2.24) is 14.5 Å². The largest absolute Gasteiger partial charge is 0.320 e. The van der Waals surface area contributed by atoms with E-state index >= 15 is 0 Å². The fourth-order valence-electron chi connectivity index (χ4n) is 2.09. The Kier molecular flexibility index (Phi) is 1.45. The predicted octanol–water partition coefficient (Wildman–Crippen LogP) is 1.19. The lowest BCUT2D eigenvalue weighted by Crippen LogP contribution is -2.10. The van der Waals surface area contributed by atoms with Gasteiger partial charge in [-0.05, 0) is 24.5 Å². The minimum atomic E-state index is 0.500. The number of hydrogen-bond donors (Lipinski definition) is 0. The number of carbonyl (C=O) groups is 1. The molecule has 0 bridgehead atoms. The van der Waals surface area contributed by atoms with Gasteiger partial charge < -0.3 is 4.57 Å². The molecule has 4 heteroatoms. The summed E-state index contributed by atoms with van der Waals surface area (Å²) in [6.07, 6.45) is 4.69. The van der Waals surface area contributed by atoms with Gasteiger partial charge in [0.1, 0.15) is 0 Å². The lowest BCUT2D eigenvalue weighted by atomic mass is 10.1. The molecule has 0 unspecified atom stereocenters. The summed E-state index contributed by atoms with van der Waals surface area (Å²) in [4.78, 5) is 19.1. The summed E-state index contributed by atoms with van der Waals surface area (Å²) in [5.41, 5.74) is 2.99. The Morgan fingerprint density at radius 1 is 1.50 bits per heavy atom. The highest BCUT2D eigenvalue weighted by atomic mass is 16.1. The lowest BCUT2D eigenvalue weighted by Gasteiger charge is -2.14. The second-order valence-electron chi connectivity index (χ2n) is 3.49. The van der Waals surface area contributed by atoms with Gasteiger partial charge in [-0.1, -0.05) is 0 Å². The van der Waals surface area contributed by atoms with Crippen molar-refractivity contribution in [2.24, 2.45) is 0 Å². The number of aromatic nitrogens is 3. The van der Waals surface area contributed by atoms with Gasteiger partial charge in [-0.25, -0.2) is 9.97 Å². The summed E-state index contributed by atoms with van der Waals surface area (Å²) in [6, 6.07) is 2.01. The number of carbonyl (C=O) groups excluding carboxylic acids is 1. The molecule has 3 heterocycles. The highest BCUT2D eigenvalue weighted by Gasteiger charge is 2.17. The van der Waals surface area contributed by atoms with Crippen LogP contribution in [-0.2, 0) is 13.0 Å². The average Bonchev–Trinajstić information content (AvgIpc) is 2.60. The van der Waals surface area contributed by atoms with E-state index in [0.717, 1.165) is 31.2 Å². The SMILES string of the molecule is O=Cc1nc2nccc3c2n1CCC3. The van der Waals surface area contributed by atoms with Gasteiger partial charge in [0, 0.05) is 12.7 Å². The molecule has 14 heavy (non-hydrogen) atoms. The van der Waals surface area contributed by atoms with Crippen LogP contribution in [0.5, 0.6) is 0 Å². The first-order valence-electron chi connectivity index (χ1n) is 4.69. The Bertz CT molecular complexity index is 515. The van der Waals surface area contributed by atoms with Crippen molar-refractivity contribution in [3.8, 4) is 0 Å². The number of rotatable bonds is 1. The molecule has 0 aromatic carbocycles. The molecule has 0 saturated heterocycles. The second-order valence-corrected chi connectivity index (χ2v) is 3.49. The summed E-state index contributed by atoms with van der Waals surface area (Å²) in [5.74, 6) is 0.500. The van der Waals surface area contributed by atoms with E-state index in [1.807, 2.05) is 10.6 Å². The standard InChI is InChI=1S/C10H9N3O/c14-6-8-12-10-9-7(3-4-11-10)2-1-5-13(8)9/h3-4,6H,1-2,5H2. The molecule has 1 aliphatic heterocycles. The van der Waals surface area contributed by atoms with Gasteiger partial charge in [-0.3, -0.25) is 4.79 Å². The van der Waals surface area contributed by atoms with E-state index in [2.05, 4.69) is 9.97 Å². The highest BCUT2D eigenvalue weighted by molar-refractivity contribution is 5.83. The Hall–Kier alpha value is -1.71. The van der Waals surface area contributed by atoms with E-state index in [-0.39, 0.29) is 0 Å². The van der Waals surface area contributed by atoms with E-state index in [1.54, 1.807) is 6.20 Å². The summed E-state index contributed by atoms with van der Waals surface area (Å²) in [5, 5.41) is 0. The Balaban J connectivity index is 2.47. The smallest absolute Gasteiger partial charge is 0.185 e. The van der Waals surface area contributed by atoms with E-state index in [0.29, 0.717) is 11.5 Å². The third-order valence-electron chi connectivity index (χ3n) is 2.69. The van der Waals surface area contributed by atoms with Gasteiger partial charge in [-0.2, -0.15) is 0 Å². The predicted molar refractivity (Wildman–Crippen MR) is 51.2 cm³/mol. The Labute approximate surface area is 80.6 Å². The van der Waals surface area contributed by atoms with Crippen LogP contribution in [-0.4, -0.2) is 20.8 Å². The van der Waals surface area contributed by atoms with Crippen LogP contribution >= 0.6 is 0 Å². The Morgan fingerprint density at radius 2 is 2.43 bits per heavy atom. The van der Waals surface area contributed by atoms with Gasteiger partial charge in [0.05, 0.1) is 5.52 Å². The maximum absolute atomic E-state index is 10.8. The fraction of sp³-hybridized carbons (Fsp3) is 0.300. The number of pyridine rings is 1. The molecule has 0 spiro atoms. The van der Waals surface area contributed by atoms with Crippen molar-refractivity contribution in [3.63, 3.8) is 0 Å². The monoisotopic (exact) mass is 187 g/mol. The molecule has 1 aliphatic rings. The summed E-state index contributed by atoms with van der Waals surface area (Å²) in [6.45, 7) is 0.878. The molecule has 0 atom stereocenters. The number of nitrogens with zero attached hydrogens (tertiary/aromatic N) is 3. The van der Waals surface area contributed by atoms with E-state index in [1.165, 1.54) is 5.56 Å². The van der Waals surface area contributed by atoms with Gasteiger partial charge in [-0.15, -0.1) is 0 Å². The molecule has 0 N–H and O–H groups in total. The van der Waals surface area contributed by atoms with Crippen LogP contribution < -0.4 is 0 Å². The summed E-state index contributed by atoms with van der Waals surface area (Å²) in [7, 11) is 0. The first kappa shape index (κ1) is 7.67. The van der Waals surface area contributed by atoms with E-state index < -0.39 is 0 Å². The van der Waals surface area contributed by atoms with Crippen LogP contribution in [0.4, 0.5) is 0 Å². The van der Waals surface area contributed by atoms with Crippen molar-refractivity contribution < 1.29 is 4.79 Å². The third kappa shape index (κ3) is 0.852. The highest BCUT2D eigenvalue weighted by Crippen LogP contribution is 2.23. The van der Waals surface area contributed by atoms with Gasteiger partial charge in [0.25, 0.3) is 0 Å². The molecule has 0 saturated carbocycles. The summed E-state index contributed by atoms with van der Waals surface area (Å²) < 4.78 is 1.97. The van der Waals surface area contributed by atoms with Gasteiger partial charge in [0.15, 0.2) is 17.8 Å². The van der Waals surface area contributed by atoms with Crippen LogP contribution in [0.25, 0.3) is 11.2 Å². The molecule has 2 aromatic rings. The Morgan fingerprint density at radius 3 is 3.29 bits per heavy atom. The van der Waals surface area contributed by atoms with Crippen LogP contribution in [0.1, 0.15) is 22.6 Å². The van der Waals surface area contributed by atoms with E-state index in [4.69, 9.17) is 0 Å². The average molecular weight is 187 g/mol. The molecule has 70 valence electrons. The number of hydrogen-bond acceptors (Lipinski definition) is 3. The lowest BCUT2D eigenvalue weighted by molar-refractivity contribution is 0.111. The van der Waals surface area contributed by atoms with Crippen molar-refractivity contribution in [1.29, 1.82) is 0 Å². The molecular formula is C10H9N3O. The third-order valence-corrected chi connectivity index (χ3v) is 2.69. The zero-order valence-corrected chi connectivity index (χ0v) is 7.60. The molecule has 0 radical (unpaired) electrons. The van der Waals surface area contributed by atoms with Crippen molar-refractivity contribution in [2.75, 3.05) is 0 Å². The van der Waals surface area contributed by atoms with E-state index in [9.17, 15) is 4.79 Å². The molecule has 0 fully saturated rings.